The Balaban J connectivity index is 4.71. The number of carboxylic acids is 1. The van der Waals surface area contributed by atoms with E-state index in [-0.39, 0.29) is 6.61 Å². The first-order chi connectivity index (χ1) is 8.71. The molecular formula is C11H14O8. The molecule has 0 aromatic heterocycles. The normalized spacial score (nSPS) is 12.9. The second-order valence-corrected chi connectivity index (χ2v) is 3.63. The van der Waals surface area contributed by atoms with Crippen LogP contribution in [0.2, 0.25) is 0 Å². The summed E-state index contributed by atoms with van der Waals surface area (Å²) in [5.41, 5.74) is -2.69. The van der Waals surface area contributed by atoms with Gasteiger partial charge in [-0.05, 0) is 0 Å². The van der Waals surface area contributed by atoms with Gasteiger partial charge in [0.05, 0.1) is 12.8 Å². The van der Waals surface area contributed by atoms with Crippen molar-refractivity contribution in [1.29, 1.82) is 0 Å². The zero-order valence-electron chi connectivity index (χ0n) is 10.2. The maximum atomic E-state index is 11.2. The molecule has 0 aliphatic rings. The molecule has 0 radical (unpaired) electrons. The van der Waals surface area contributed by atoms with Gasteiger partial charge in [0.25, 0.3) is 0 Å². The second-order valence-electron chi connectivity index (χ2n) is 3.63. The molecule has 106 valence electrons. The summed E-state index contributed by atoms with van der Waals surface area (Å²) in [6.45, 7) is 4.06. The average Bonchev–Trinajstić information content (AvgIpc) is 2.24. The van der Waals surface area contributed by atoms with Crippen molar-refractivity contribution in [2.45, 2.75) is 25.4 Å². The molecule has 0 bridgehead atoms. The fourth-order valence-electron chi connectivity index (χ4n) is 1.09. The lowest BCUT2D eigenvalue weighted by Gasteiger charge is -2.20. The van der Waals surface area contributed by atoms with Gasteiger partial charge in [0.15, 0.2) is 5.60 Å². The highest BCUT2D eigenvalue weighted by Gasteiger charge is 2.42. The maximum Gasteiger partial charge on any atom is 0.336 e. The zero-order valence-corrected chi connectivity index (χ0v) is 10.2. The fourth-order valence-corrected chi connectivity index (χ4v) is 1.09. The SMILES string of the molecule is C=CCOC(=O)CC(O)(CC(=O)OC(C)=O)C(=O)O. The molecule has 0 aromatic carbocycles. The van der Waals surface area contributed by atoms with Gasteiger partial charge in [0, 0.05) is 6.92 Å². The highest BCUT2D eigenvalue weighted by Crippen LogP contribution is 2.18. The van der Waals surface area contributed by atoms with E-state index in [4.69, 9.17) is 5.11 Å². The van der Waals surface area contributed by atoms with Gasteiger partial charge in [0.2, 0.25) is 0 Å². The summed E-state index contributed by atoms with van der Waals surface area (Å²) in [4.78, 5) is 43.7. The Morgan fingerprint density at radius 3 is 2.16 bits per heavy atom. The van der Waals surface area contributed by atoms with E-state index >= 15 is 0 Å². The van der Waals surface area contributed by atoms with Gasteiger partial charge in [-0.25, -0.2) is 4.79 Å². The molecule has 0 fully saturated rings. The predicted octanol–water partition coefficient (Wildman–Crippen LogP) is -0.599. The van der Waals surface area contributed by atoms with Gasteiger partial charge in [-0.3, -0.25) is 14.4 Å². The highest BCUT2D eigenvalue weighted by molar-refractivity contribution is 5.91. The largest absolute Gasteiger partial charge is 0.479 e. The van der Waals surface area contributed by atoms with Crippen molar-refractivity contribution in [3.63, 3.8) is 0 Å². The van der Waals surface area contributed by atoms with Gasteiger partial charge in [-0.15, -0.1) is 0 Å². The summed E-state index contributed by atoms with van der Waals surface area (Å²) in [6, 6.07) is 0. The second kappa shape index (κ2) is 7.27. The van der Waals surface area contributed by atoms with Crippen LogP contribution >= 0.6 is 0 Å². The zero-order chi connectivity index (χ0) is 15.1. The number of aliphatic carboxylic acids is 1. The number of ether oxygens (including phenoxy) is 2. The Bertz CT molecular complexity index is 399. The molecule has 8 heteroatoms. The van der Waals surface area contributed by atoms with Crippen molar-refractivity contribution in [2.24, 2.45) is 0 Å². The minimum atomic E-state index is -2.69. The summed E-state index contributed by atoms with van der Waals surface area (Å²) in [5, 5.41) is 18.5. The van der Waals surface area contributed by atoms with Gasteiger partial charge >= 0.3 is 23.9 Å². The number of rotatable bonds is 7. The maximum absolute atomic E-state index is 11.2. The van der Waals surface area contributed by atoms with Crippen LogP contribution < -0.4 is 0 Å². The van der Waals surface area contributed by atoms with E-state index in [0.29, 0.717) is 0 Å². The van der Waals surface area contributed by atoms with E-state index in [0.717, 1.165) is 6.92 Å². The quantitative estimate of drug-likeness (QED) is 0.358. The van der Waals surface area contributed by atoms with Crippen LogP contribution in [0, 0.1) is 0 Å². The minimum Gasteiger partial charge on any atom is -0.479 e. The Morgan fingerprint density at radius 1 is 1.21 bits per heavy atom. The number of carbonyl (C=O) groups excluding carboxylic acids is 3. The van der Waals surface area contributed by atoms with Crippen LogP contribution in [0.4, 0.5) is 0 Å². The first kappa shape index (κ1) is 16.8. The average molecular weight is 274 g/mol. The van der Waals surface area contributed by atoms with Gasteiger partial charge in [0.1, 0.15) is 6.61 Å². The first-order valence-corrected chi connectivity index (χ1v) is 5.15. The molecule has 0 aliphatic carbocycles. The van der Waals surface area contributed by atoms with Gasteiger partial charge in [-0.2, -0.15) is 0 Å². The third kappa shape index (κ3) is 6.32. The lowest BCUT2D eigenvalue weighted by Crippen LogP contribution is -2.43. The molecule has 0 rings (SSSR count). The van der Waals surface area contributed by atoms with Crippen LogP contribution in [0.15, 0.2) is 12.7 Å². The van der Waals surface area contributed by atoms with Crippen molar-refractivity contribution < 1.29 is 38.9 Å². The third-order valence-electron chi connectivity index (χ3n) is 1.89. The number of hydrogen-bond acceptors (Lipinski definition) is 7. The molecule has 0 saturated heterocycles. The molecule has 0 amide bonds. The van der Waals surface area contributed by atoms with Crippen LogP contribution in [0.5, 0.6) is 0 Å². The van der Waals surface area contributed by atoms with Crippen LogP contribution in [0.1, 0.15) is 19.8 Å². The number of carbonyl (C=O) groups is 4. The van der Waals surface area contributed by atoms with Crippen LogP contribution in [0.25, 0.3) is 0 Å². The molecule has 0 saturated carbocycles. The molecule has 1 unspecified atom stereocenters. The van der Waals surface area contributed by atoms with E-state index < -0.39 is 42.3 Å². The van der Waals surface area contributed by atoms with Crippen molar-refractivity contribution in [1.82, 2.24) is 0 Å². The topological polar surface area (TPSA) is 127 Å². The van der Waals surface area contributed by atoms with Crippen LogP contribution in [0.3, 0.4) is 0 Å². The smallest absolute Gasteiger partial charge is 0.336 e. The summed E-state index contributed by atoms with van der Waals surface area (Å²) >= 11 is 0. The van der Waals surface area contributed by atoms with E-state index in [1.54, 1.807) is 0 Å². The molecule has 0 aliphatic heterocycles. The predicted molar refractivity (Wildman–Crippen MR) is 59.7 cm³/mol. The molecule has 19 heavy (non-hydrogen) atoms. The lowest BCUT2D eigenvalue weighted by molar-refractivity contribution is -0.175. The molecule has 1 atom stereocenters. The summed E-state index contributed by atoms with van der Waals surface area (Å²) in [7, 11) is 0. The summed E-state index contributed by atoms with van der Waals surface area (Å²) in [6.07, 6.45) is -0.754. The Morgan fingerprint density at radius 2 is 1.74 bits per heavy atom. The Kier molecular flexibility index (Phi) is 6.42. The van der Waals surface area contributed by atoms with Crippen molar-refractivity contribution in [3.05, 3.63) is 12.7 Å². The minimum absolute atomic E-state index is 0.160. The van der Waals surface area contributed by atoms with Crippen molar-refractivity contribution >= 4 is 23.9 Å². The first-order valence-electron chi connectivity index (χ1n) is 5.15. The van der Waals surface area contributed by atoms with E-state index in [1.165, 1.54) is 6.08 Å². The fraction of sp³-hybridized carbons (Fsp3) is 0.455. The molecule has 0 aromatic rings. The molecular weight excluding hydrogens is 260 g/mol. The van der Waals surface area contributed by atoms with Gasteiger partial charge < -0.3 is 19.7 Å². The van der Waals surface area contributed by atoms with E-state index in [1.807, 2.05) is 0 Å². The van der Waals surface area contributed by atoms with Crippen molar-refractivity contribution in [2.75, 3.05) is 6.61 Å². The molecule has 2 N–H and O–H groups in total. The summed E-state index contributed by atoms with van der Waals surface area (Å²) < 4.78 is 8.59. The van der Waals surface area contributed by atoms with Crippen LogP contribution in [-0.2, 0) is 28.7 Å². The lowest BCUT2D eigenvalue weighted by atomic mass is 9.96. The monoisotopic (exact) mass is 274 g/mol. The standard InChI is InChI=1S/C11H14O8/c1-3-4-18-8(13)5-11(17,10(15)16)6-9(14)19-7(2)12/h3,17H,1,4-6H2,2H3,(H,15,16). The highest BCUT2D eigenvalue weighted by atomic mass is 16.6. The number of esters is 3. The van der Waals surface area contributed by atoms with E-state index in [9.17, 15) is 24.3 Å². The molecule has 0 heterocycles. The Hall–Kier alpha value is -2.22. The van der Waals surface area contributed by atoms with Crippen molar-refractivity contribution in [3.8, 4) is 0 Å². The Labute approximate surface area is 108 Å². The van der Waals surface area contributed by atoms with E-state index in [2.05, 4.69) is 16.1 Å². The summed E-state index contributed by atoms with van der Waals surface area (Å²) in [5.74, 6) is -5.04. The van der Waals surface area contributed by atoms with Crippen LogP contribution in [-0.4, -0.2) is 46.3 Å². The number of aliphatic hydroxyl groups is 1. The number of carboxylic acid groups (broad SMARTS) is 1. The molecule has 0 spiro atoms. The van der Waals surface area contributed by atoms with Gasteiger partial charge in [-0.1, -0.05) is 12.7 Å². The third-order valence-corrected chi connectivity index (χ3v) is 1.89. The molecule has 8 nitrogen and oxygen atoms in total. The number of hydrogen-bond donors (Lipinski definition) is 2.